The summed E-state index contributed by atoms with van der Waals surface area (Å²) in [7, 11) is 0. The Labute approximate surface area is 159 Å². The molecule has 28 heavy (non-hydrogen) atoms. The van der Waals surface area contributed by atoms with Crippen LogP contribution in [0.3, 0.4) is 0 Å². The van der Waals surface area contributed by atoms with Crippen LogP contribution in [0.25, 0.3) is 0 Å². The van der Waals surface area contributed by atoms with E-state index >= 15 is 0 Å². The zero-order valence-corrected chi connectivity index (χ0v) is 15.0. The third-order valence-corrected chi connectivity index (χ3v) is 4.19. The Morgan fingerprint density at radius 1 is 1.18 bits per heavy atom. The third kappa shape index (κ3) is 5.64. The number of benzene rings is 1. The van der Waals surface area contributed by atoms with Crippen LogP contribution < -0.4 is 10.6 Å². The second kappa shape index (κ2) is 8.98. The summed E-state index contributed by atoms with van der Waals surface area (Å²) in [4.78, 5) is 22.5. The molecule has 0 radical (unpaired) electrons. The van der Waals surface area contributed by atoms with E-state index in [-0.39, 0.29) is 11.4 Å². The van der Waals surface area contributed by atoms with Crippen molar-refractivity contribution in [2.75, 3.05) is 50.0 Å². The number of aromatic nitrogens is 2. The molecule has 0 unspecified atom stereocenters. The van der Waals surface area contributed by atoms with Crippen molar-refractivity contribution in [2.24, 2.45) is 0 Å². The van der Waals surface area contributed by atoms with Gasteiger partial charge in [0.15, 0.2) is 0 Å². The number of ether oxygens (including phenoxy) is 1. The number of nitrogens with one attached hydrogen (secondary N) is 2. The Morgan fingerprint density at radius 3 is 2.71 bits per heavy atom. The first-order chi connectivity index (χ1) is 13.4. The fraction of sp³-hybridized carbons (Fsp3) is 0.389. The molecule has 1 aromatic carbocycles. The second-order valence-electron chi connectivity index (χ2n) is 6.20. The molecule has 0 bridgehead atoms. The highest BCUT2D eigenvalue weighted by Crippen LogP contribution is 2.30. The van der Waals surface area contributed by atoms with Gasteiger partial charge in [0, 0.05) is 37.9 Å². The Kier molecular flexibility index (Phi) is 6.42. The maximum atomic E-state index is 12.8. The number of hydrogen-bond donors (Lipinski definition) is 2. The summed E-state index contributed by atoms with van der Waals surface area (Å²) in [6.45, 7) is 4.61. The van der Waals surface area contributed by atoms with Crippen molar-refractivity contribution in [3.8, 4) is 0 Å². The molecule has 0 saturated carbocycles. The van der Waals surface area contributed by atoms with Crippen molar-refractivity contribution in [2.45, 2.75) is 6.18 Å². The maximum Gasteiger partial charge on any atom is 0.416 e. The van der Waals surface area contributed by atoms with E-state index in [2.05, 4.69) is 25.5 Å². The molecule has 150 valence electrons. The molecule has 2 heterocycles. The zero-order chi connectivity index (χ0) is 20.0. The lowest BCUT2D eigenvalue weighted by Gasteiger charge is -2.26. The molecule has 1 aliphatic rings. The van der Waals surface area contributed by atoms with Gasteiger partial charge in [0.1, 0.15) is 17.8 Å². The molecule has 1 aliphatic heterocycles. The van der Waals surface area contributed by atoms with Crippen LogP contribution in [0.1, 0.15) is 16.1 Å². The van der Waals surface area contributed by atoms with Crippen LogP contribution in [0.2, 0.25) is 0 Å². The molecule has 1 aromatic heterocycles. The normalized spacial score (nSPS) is 15.2. The highest BCUT2D eigenvalue weighted by molar-refractivity contribution is 6.03. The number of alkyl halides is 3. The lowest BCUT2D eigenvalue weighted by atomic mass is 10.2. The van der Waals surface area contributed by atoms with Gasteiger partial charge in [-0.1, -0.05) is 6.07 Å². The topological polar surface area (TPSA) is 79.4 Å². The molecular formula is C18H20F3N5O2. The molecular weight excluding hydrogens is 375 g/mol. The van der Waals surface area contributed by atoms with E-state index in [4.69, 9.17) is 4.74 Å². The van der Waals surface area contributed by atoms with Crippen LogP contribution in [0.4, 0.5) is 24.7 Å². The molecule has 0 spiro atoms. The van der Waals surface area contributed by atoms with Crippen LogP contribution in [0.5, 0.6) is 0 Å². The highest BCUT2D eigenvalue weighted by atomic mass is 19.4. The number of carbonyl (C=O) groups excluding carboxylic acids is 1. The molecule has 0 aliphatic carbocycles. The largest absolute Gasteiger partial charge is 0.416 e. The molecule has 1 amide bonds. The van der Waals surface area contributed by atoms with Gasteiger partial charge in [0.05, 0.1) is 18.8 Å². The molecule has 1 fully saturated rings. The highest BCUT2D eigenvalue weighted by Gasteiger charge is 2.30. The predicted octanol–water partition coefficient (Wildman–Crippen LogP) is 2.49. The van der Waals surface area contributed by atoms with Crippen LogP contribution in [0.15, 0.2) is 36.7 Å². The fourth-order valence-electron chi connectivity index (χ4n) is 2.71. The van der Waals surface area contributed by atoms with E-state index in [1.807, 2.05) is 0 Å². The summed E-state index contributed by atoms with van der Waals surface area (Å²) in [5.74, 6) is -0.143. The minimum absolute atomic E-state index is 0.0419. The average Bonchev–Trinajstić information content (AvgIpc) is 2.69. The number of amides is 1. The van der Waals surface area contributed by atoms with Gasteiger partial charge < -0.3 is 15.4 Å². The zero-order valence-electron chi connectivity index (χ0n) is 15.0. The van der Waals surface area contributed by atoms with E-state index in [9.17, 15) is 18.0 Å². The molecule has 2 N–H and O–H groups in total. The van der Waals surface area contributed by atoms with Crippen molar-refractivity contribution in [1.29, 1.82) is 0 Å². The van der Waals surface area contributed by atoms with Crippen molar-refractivity contribution < 1.29 is 22.7 Å². The summed E-state index contributed by atoms with van der Waals surface area (Å²) in [6.07, 6.45) is -3.24. The monoisotopic (exact) mass is 395 g/mol. The standard InChI is InChI=1S/C18H20F3N5O2/c19-18(20,21)13-2-1-3-14(10-13)25-17(27)15-11-16(24-12-23-15)22-4-5-26-6-8-28-9-7-26/h1-3,10-12H,4-9H2,(H,25,27)(H,22,23,24). The predicted molar refractivity (Wildman–Crippen MR) is 97.2 cm³/mol. The quantitative estimate of drug-likeness (QED) is 0.783. The second-order valence-corrected chi connectivity index (χ2v) is 6.20. The van der Waals surface area contributed by atoms with Crippen LogP contribution in [-0.4, -0.2) is 60.2 Å². The molecule has 10 heteroatoms. The van der Waals surface area contributed by atoms with Crippen molar-refractivity contribution >= 4 is 17.4 Å². The lowest BCUT2D eigenvalue weighted by molar-refractivity contribution is -0.137. The summed E-state index contributed by atoms with van der Waals surface area (Å²) < 4.78 is 43.6. The number of hydrogen-bond acceptors (Lipinski definition) is 6. The fourth-order valence-corrected chi connectivity index (χ4v) is 2.71. The molecule has 0 atom stereocenters. The van der Waals surface area contributed by atoms with Crippen LogP contribution in [-0.2, 0) is 10.9 Å². The first kappa shape index (κ1) is 20.0. The van der Waals surface area contributed by atoms with Gasteiger partial charge in [-0.05, 0) is 18.2 Å². The molecule has 1 saturated heterocycles. The smallest absolute Gasteiger partial charge is 0.379 e. The summed E-state index contributed by atoms with van der Waals surface area (Å²) in [6, 6.07) is 5.90. The van der Waals surface area contributed by atoms with Gasteiger partial charge in [-0.3, -0.25) is 9.69 Å². The minimum Gasteiger partial charge on any atom is -0.379 e. The minimum atomic E-state index is -4.48. The van der Waals surface area contributed by atoms with E-state index in [1.165, 1.54) is 24.5 Å². The summed E-state index contributed by atoms with van der Waals surface area (Å²) >= 11 is 0. The third-order valence-electron chi connectivity index (χ3n) is 4.19. The van der Waals surface area contributed by atoms with Gasteiger partial charge in [-0.15, -0.1) is 0 Å². The van der Waals surface area contributed by atoms with Crippen LogP contribution in [0, 0.1) is 0 Å². The molecule has 7 nitrogen and oxygen atoms in total. The number of nitrogens with zero attached hydrogens (tertiary/aromatic N) is 3. The summed E-state index contributed by atoms with van der Waals surface area (Å²) in [5, 5.41) is 5.54. The number of halogens is 3. The van der Waals surface area contributed by atoms with Gasteiger partial charge in [0.2, 0.25) is 0 Å². The Hall–Kier alpha value is -2.72. The number of carbonyl (C=O) groups is 1. The van der Waals surface area contributed by atoms with E-state index in [1.54, 1.807) is 0 Å². The van der Waals surface area contributed by atoms with Gasteiger partial charge >= 0.3 is 6.18 Å². The number of rotatable bonds is 6. The number of anilines is 2. The van der Waals surface area contributed by atoms with E-state index in [0.717, 1.165) is 31.8 Å². The van der Waals surface area contributed by atoms with Crippen molar-refractivity contribution in [3.05, 3.63) is 47.9 Å². The SMILES string of the molecule is O=C(Nc1cccc(C(F)(F)F)c1)c1cc(NCCN2CCOCC2)ncn1. The van der Waals surface area contributed by atoms with Crippen molar-refractivity contribution in [3.63, 3.8) is 0 Å². The van der Waals surface area contributed by atoms with E-state index < -0.39 is 17.6 Å². The number of morpholine rings is 1. The average molecular weight is 395 g/mol. The van der Waals surface area contributed by atoms with Gasteiger partial charge in [0.25, 0.3) is 5.91 Å². The Bertz CT molecular complexity index is 810. The van der Waals surface area contributed by atoms with E-state index in [0.29, 0.717) is 25.6 Å². The maximum absolute atomic E-state index is 12.8. The Morgan fingerprint density at radius 2 is 1.96 bits per heavy atom. The summed E-state index contributed by atoms with van der Waals surface area (Å²) in [5.41, 5.74) is -0.736. The van der Waals surface area contributed by atoms with Crippen molar-refractivity contribution in [1.82, 2.24) is 14.9 Å². The molecule has 3 rings (SSSR count). The van der Waals surface area contributed by atoms with Gasteiger partial charge in [-0.2, -0.15) is 13.2 Å². The first-order valence-electron chi connectivity index (χ1n) is 8.76. The Balaban J connectivity index is 1.57. The first-order valence-corrected chi connectivity index (χ1v) is 8.76. The van der Waals surface area contributed by atoms with Crippen LogP contribution >= 0.6 is 0 Å². The lowest BCUT2D eigenvalue weighted by Crippen LogP contribution is -2.39. The molecule has 2 aromatic rings. The van der Waals surface area contributed by atoms with Gasteiger partial charge in [-0.25, -0.2) is 9.97 Å².